The molecular formula is C18H31N5O3S. The summed E-state index contributed by atoms with van der Waals surface area (Å²) in [7, 11) is 1.70. The van der Waals surface area contributed by atoms with Crippen LogP contribution >= 0.6 is 11.3 Å². The highest BCUT2D eigenvalue weighted by atomic mass is 32.1. The van der Waals surface area contributed by atoms with Gasteiger partial charge in [0.25, 0.3) is 5.91 Å². The van der Waals surface area contributed by atoms with Crippen molar-refractivity contribution in [1.29, 1.82) is 0 Å². The summed E-state index contributed by atoms with van der Waals surface area (Å²) in [5.41, 5.74) is -0.489. The average molecular weight is 398 g/mol. The van der Waals surface area contributed by atoms with Crippen molar-refractivity contribution in [3.63, 3.8) is 0 Å². The van der Waals surface area contributed by atoms with Crippen molar-refractivity contribution in [2.75, 3.05) is 33.2 Å². The molecule has 0 saturated heterocycles. The maximum Gasteiger partial charge on any atom is 0.407 e. The Bertz CT molecular complexity index is 597. The first kappa shape index (κ1) is 22.8. The maximum absolute atomic E-state index is 11.8. The number of carbonyl (C=O) groups excluding carboxylic acids is 2. The SMILES string of the molecule is CN=C(NCCCNC(=O)OC(C)(C)C)NCCCNC(=O)c1cccs1. The summed E-state index contributed by atoms with van der Waals surface area (Å²) < 4.78 is 5.17. The van der Waals surface area contributed by atoms with Gasteiger partial charge < -0.3 is 26.0 Å². The van der Waals surface area contributed by atoms with Gasteiger partial charge in [-0.1, -0.05) is 6.07 Å². The van der Waals surface area contributed by atoms with Crippen molar-refractivity contribution in [2.45, 2.75) is 39.2 Å². The summed E-state index contributed by atoms with van der Waals surface area (Å²) in [6.45, 7) is 7.98. The van der Waals surface area contributed by atoms with Crippen LogP contribution in [0.25, 0.3) is 0 Å². The number of hydrogen-bond donors (Lipinski definition) is 4. The largest absolute Gasteiger partial charge is 0.444 e. The van der Waals surface area contributed by atoms with Crippen molar-refractivity contribution >= 4 is 29.3 Å². The summed E-state index contributed by atoms with van der Waals surface area (Å²) in [6, 6.07) is 3.67. The second kappa shape index (κ2) is 12.2. The van der Waals surface area contributed by atoms with E-state index in [1.165, 1.54) is 11.3 Å². The highest BCUT2D eigenvalue weighted by Gasteiger charge is 2.15. The van der Waals surface area contributed by atoms with Gasteiger partial charge in [-0.25, -0.2) is 4.79 Å². The van der Waals surface area contributed by atoms with E-state index in [0.29, 0.717) is 32.1 Å². The Kier molecular flexibility index (Phi) is 10.2. The molecule has 27 heavy (non-hydrogen) atoms. The second-order valence-electron chi connectivity index (χ2n) is 6.79. The van der Waals surface area contributed by atoms with Gasteiger partial charge in [0.1, 0.15) is 5.60 Å². The minimum Gasteiger partial charge on any atom is -0.444 e. The Balaban J connectivity index is 2.05. The van der Waals surface area contributed by atoms with E-state index in [4.69, 9.17) is 4.74 Å². The summed E-state index contributed by atoms with van der Waals surface area (Å²) in [5.74, 6) is 0.654. The van der Waals surface area contributed by atoms with Gasteiger partial charge in [0.15, 0.2) is 5.96 Å². The quantitative estimate of drug-likeness (QED) is 0.290. The third-order valence-corrected chi connectivity index (χ3v) is 4.08. The van der Waals surface area contributed by atoms with E-state index < -0.39 is 11.7 Å². The zero-order valence-electron chi connectivity index (χ0n) is 16.6. The number of hydrogen-bond acceptors (Lipinski definition) is 5. The molecule has 0 aliphatic rings. The van der Waals surface area contributed by atoms with Crippen molar-refractivity contribution in [3.05, 3.63) is 22.4 Å². The Morgan fingerprint density at radius 3 is 2.15 bits per heavy atom. The van der Waals surface area contributed by atoms with Gasteiger partial charge in [-0.15, -0.1) is 11.3 Å². The fraction of sp³-hybridized carbons (Fsp3) is 0.611. The molecule has 1 heterocycles. The summed E-state index contributed by atoms with van der Waals surface area (Å²) >= 11 is 1.43. The molecule has 0 fully saturated rings. The van der Waals surface area contributed by atoms with Crippen LogP contribution in [-0.4, -0.2) is 56.8 Å². The van der Waals surface area contributed by atoms with E-state index in [1.54, 1.807) is 7.05 Å². The number of aliphatic imine (C=N–C) groups is 1. The molecule has 0 aliphatic carbocycles. The Labute approximate surface area is 165 Å². The standard InChI is InChI=1S/C18H31N5O3S/c1-18(2,3)26-17(25)23-12-7-11-22-16(19-4)21-10-6-9-20-15(24)14-8-5-13-27-14/h5,8,13H,6-7,9-12H2,1-4H3,(H,20,24)(H,23,25)(H2,19,21,22). The molecule has 152 valence electrons. The van der Waals surface area contributed by atoms with Crippen LogP contribution in [0.1, 0.15) is 43.3 Å². The monoisotopic (exact) mass is 397 g/mol. The van der Waals surface area contributed by atoms with Gasteiger partial charge >= 0.3 is 6.09 Å². The number of nitrogens with one attached hydrogen (secondary N) is 4. The van der Waals surface area contributed by atoms with Crippen LogP contribution in [-0.2, 0) is 4.74 Å². The Hall–Kier alpha value is -2.29. The summed E-state index contributed by atoms with van der Waals surface area (Å²) in [5, 5.41) is 13.8. The lowest BCUT2D eigenvalue weighted by Gasteiger charge is -2.19. The van der Waals surface area contributed by atoms with E-state index >= 15 is 0 Å². The van der Waals surface area contributed by atoms with Gasteiger partial charge in [-0.05, 0) is 45.1 Å². The van der Waals surface area contributed by atoms with Crippen LogP contribution in [0.2, 0.25) is 0 Å². The zero-order chi connectivity index (χ0) is 20.1. The molecule has 1 aromatic heterocycles. The first-order chi connectivity index (χ1) is 12.8. The predicted octanol–water partition coefficient (Wildman–Crippen LogP) is 1.95. The Morgan fingerprint density at radius 2 is 1.63 bits per heavy atom. The average Bonchev–Trinajstić information content (AvgIpc) is 3.12. The van der Waals surface area contributed by atoms with Crippen LogP contribution in [0.4, 0.5) is 4.79 Å². The van der Waals surface area contributed by atoms with E-state index in [9.17, 15) is 9.59 Å². The molecule has 2 amide bonds. The van der Waals surface area contributed by atoms with Gasteiger partial charge in [0.2, 0.25) is 0 Å². The minimum absolute atomic E-state index is 0.0370. The first-order valence-electron chi connectivity index (χ1n) is 9.05. The van der Waals surface area contributed by atoms with Gasteiger partial charge in [-0.3, -0.25) is 9.79 Å². The summed E-state index contributed by atoms with van der Waals surface area (Å²) in [4.78, 5) is 28.2. The molecule has 4 N–H and O–H groups in total. The van der Waals surface area contributed by atoms with E-state index in [2.05, 4.69) is 26.3 Å². The van der Waals surface area contributed by atoms with E-state index in [0.717, 1.165) is 17.7 Å². The molecule has 9 heteroatoms. The Morgan fingerprint density at radius 1 is 1.04 bits per heavy atom. The highest BCUT2D eigenvalue weighted by Crippen LogP contribution is 2.07. The predicted molar refractivity (Wildman–Crippen MR) is 109 cm³/mol. The van der Waals surface area contributed by atoms with Crippen molar-refractivity contribution in [1.82, 2.24) is 21.3 Å². The van der Waals surface area contributed by atoms with Gasteiger partial charge in [0, 0.05) is 33.2 Å². The van der Waals surface area contributed by atoms with Crippen LogP contribution < -0.4 is 21.3 Å². The van der Waals surface area contributed by atoms with Crippen LogP contribution in [0.15, 0.2) is 22.5 Å². The molecule has 0 radical (unpaired) electrons. The zero-order valence-corrected chi connectivity index (χ0v) is 17.4. The molecule has 8 nitrogen and oxygen atoms in total. The topological polar surface area (TPSA) is 104 Å². The molecule has 0 bridgehead atoms. The normalized spacial score (nSPS) is 11.6. The number of guanidine groups is 1. The van der Waals surface area contributed by atoms with Crippen molar-refractivity contribution in [3.8, 4) is 0 Å². The molecule has 1 rings (SSSR count). The fourth-order valence-electron chi connectivity index (χ4n) is 2.01. The third kappa shape index (κ3) is 11.1. The number of ether oxygens (including phenoxy) is 1. The van der Waals surface area contributed by atoms with Gasteiger partial charge in [-0.2, -0.15) is 0 Å². The molecule has 1 aromatic rings. The van der Waals surface area contributed by atoms with E-state index in [1.807, 2.05) is 38.3 Å². The molecule has 0 aromatic carbocycles. The summed E-state index contributed by atoms with van der Waals surface area (Å²) in [6.07, 6.45) is 1.13. The maximum atomic E-state index is 11.8. The van der Waals surface area contributed by atoms with Crippen molar-refractivity contribution in [2.24, 2.45) is 4.99 Å². The lowest BCUT2D eigenvalue weighted by molar-refractivity contribution is 0.0527. The number of thiophene rings is 1. The lowest BCUT2D eigenvalue weighted by atomic mass is 10.2. The van der Waals surface area contributed by atoms with Crippen LogP contribution in [0.5, 0.6) is 0 Å². The molecular weight excluding hydrogens is 366 g/mol. The van der Waals surface area contributed by atoms with Crippen LogP contribution in [0.3, 0.4) is 0 Å². The number of nitrogens with zero attached hydrogens (tertiary/aromatic N) is 1. The smallest absolute Gasteiger partial charge is 0.407 e. The molecule has 0 spiro atoms. The fourth-order valence-corrected chi connectivity index (χ4v) is 2.65. The van der Waals surface area contributed by atoms with Crippen molar-refractivity contribution < 1.29 is 14.3 Å². The molecule has 0 unspecified atom stereocenters. The highest BCUT2D eigenvalue weighted by molar-refractivity contribution is 7.12. The number of alkyl carbamates (subject to hydrolysis) is 1. The molecule has 0 aliphatic heterocycles. The number of amides is 2. The molecule has 0 atom stereocenters. The van der Waals surface area contributed by atoms with Gasteiger partial charge in [0.05, 0.1) is 4.88 Å². The molecule has 0 saturated carbocycles. The number of rotatable bonds is 9. The number of carbonyl (C=O) groups is 2. The lowest BCUT2D eigenvalue weighted by Crippen LogP contribution is -2.40. The van der Waals surface area contributed by atoms with Crippen LogP contribution in [0, 0.1) is 0 Å². The second-order valence-corrected chi connectivity index (χ2v) is 7.74. The third-order valence-electron chi connectivity index (χ3n) is 3.21. The minimum atomic E-state index is -0.489. The van der Waals surface area contributed by atoms with E-state index in [-0.39, 0.29) is 5.91 Å². The first-order valence-corrected chi connectivity index (χ1v) is 9.93.